The first-order valence-electron chi connectivity index (χ1n) is 6.33. The number of amides is 1. The monoisotopic (exact) mass is 374 g/mol. The maximum absolute atomic E-state index is 12.0. The van der Waals surface area contributed by atoms with E-state index in [1.54, 1.807) is 18.2 Å². The van der Waals surface area contributed by atoms with Crippen LogP contribution >= 0.6 is 11.8 Å². The van der Waals surface area contributed by atoms with Crippen molar-refractivity contribution in [3.8, 4) is 11.5 Å². The van der Waals surface area contributed by atoms with Gasteiger partial charge >= 0.3 is 5.51 Å². The molecule has 0 heterocycles. The molecule has 0 radical (unpaired) electrons. The number of alkyl halides is 3. The minimum absolute atomic E-state index is 0. The Balaban J connectivity index is 0.00000484. The molecular weight excluding hydrogens is 357 g/mol. The van der Waals surface area contributed by atoms with Crippen molar-refractivity contribution < 1.29 is 45.6 Å². The van der Waals surface area contributed by atoms with E-state index in [1.165, 1.54) is 14.2 Å². The second-order valence-corrected chi connectivity index (χ2v) is 5.53. The molecule has 0 aromatic heterocycles. The third-order valence-electron chi connectivity index (χ3n) is 2.72. The first-order chi connectivity index (χ1) is 10.2. The molecule has 0 fully saturated rings. The predicted molar refractivity (Wildman–Crippen MR) is 78.0 cm³/mol. The van der Waals surface area contributed by atoms with Gasteiger partial charge in [0.25, 0.3) is 5.91 Å². The molecule has 1 atom stereocenters. The number of ether oxygens (including phenoxy) is 2. The fourth-order valence-corrected chi connectivity index (χ4v) is 2.21. The topological polar surface area (TPSA) is 75.2 Å². The Morgan fingerprint density at radius 3 is 2.22 bits per heavy atom. The van der Waals surface area contributed by atoms with Gasteiger partial charge in [-0.25, -0.2) is 0 Å². The first kappa shape index (κ1) is 21.7. The highest BCUT2D eigenvalue weighted by atomic mass is 35.5. The number of carbonyl (C=O) groups is 1. The lowest BCUT2D eigenvalue weighted by molar-refractivity contribution is -0.402. The number of hydrogen-bond acceptors (Lipinski definition) is 4. The number of nitrogens with one attached hydrogen (secondary N) is 1. The van der Waals surface area contributed by atoms with E-state index in [0.717, 1.165) is 0 Å². The van der Waals surface area contributed by atoms with E-state index < -0.39 is 17.5 Å². The maximum atomic E-state index is 12.0. The van der Waals surface area contributed by atoms with E-state index in [-0.39, 0.29) is 36.3 Å². The average molecular weight is 375 g/mol. The van der Waals surface area contributed by atoms with Crippen molar-refractivity contribution in [2.45, 2.75) is 18.0 Å². The minimum atomic E-state index is -4.30. The Hall–Kier alpha value is -1.32. The van der Waals surface area contributed by atoms with Gasteiger partial charge in [-0.15, -0.1) is 0 Å². The van der Waals surface area contributed by atoms with Crippen molar-refractivity contribution in [1.29, 1.82) is 0 Å². The van der Waals surface area contributed by atoms with Crippen LogP contribution in [-0.2, 0) is 4.79 Å². The van der Waals surface area contributed by atoms with Gasteiger partial charge in [0.1, 0.15) is 11.5 Å². The van der Waals surface area contributed by atoms with Crippen LogP contribution < -0.4 is 32.9 Å². The molecule has 0 aliphatic carbocycles. The molecule has 5 nitrogen and oxygen atoms in total. The van der Waals surface area contributed by atoms with Gasteiger partial charge in [0, 0.05) is 36.1 Å². The van der Waals surface area contributed by atoms with Crippen LogP contribution in [0.3, 0.4) is 0 Å². The van der Waals surface area contributed by atoms with E-state index in [0.29, 0.717) is 17.2 Å². The number of thioether (sulfide) groups is 1. The van der Waals surface area contributed by atoms with E-state index in [4.69, 9.17) is 9.47 Å². The molecule has 1 amide bonds. The summed E-state index contributed by atoms with van der Waals surface area (Å²) in [6, 6.07) is 4.01. The Morgan fingerprint density at radius 2 is 1.78 bits per heavy atom. The molecule has 1 aromatic carbocycles. The van der Waals surface area contributed by atoms with Crippen molar-refractivity contribution in [3.63, 3.8) is 0 Å². The fraction of sp³-hybridized carbons (Fsp3) is 0.462. The lowest BCUT2D eigenvalue weighted by atomic mass is 10.2. The van der Waals surface area contributed by atoms with Gasteiger partial charge in [0.2, 0.25) is 0 Å². The molecule has 132 valence electrons. The van der Waals surface area contributed by atoms with Crippen LogP contribution in [-0.4, -0.2) is 37.4 Å². The molecule has 1 unspecified atom stereocenters. The second-order valence-electron chi connectivity index (χ2n) is 4.37. The van der Waals surface area contributed by atoms with Gasteiger partial charge < -0.3 is 32.9 Å². The van der Waals surface area contributed by atoms with Crippen molar-refractivity contribution in [2.24, 2.45) is 0 Å². The highest BCUT2D eigenvalue weighted by Gasteiger charge is 2.29. The third-order valence-corrected chi connectivity index (χ3v) is 3.49. The summed E-state index contributed by atoms with van der Waals surface area (Å²) in [5.74, 6) is 0.302. The third kappa shape index (κ3) is 8.19. The Kier molecular flexibility index (Phi) is 9.18. The Bertz CT molecular complexity index is 495. The molecule has 10 heteroatoms. The van der Waals surface area contributed by atoms with E-state index in [2.05, 4.69) is 11.1 Å². The molecule has 4 N–H and O–H groups in total. The van der Waals surface area contributed by atoms with Gasteiger partial charge in [-0.3, -0.25) is 4.79 Å². The summed E-state index contributed by atoms with van der Waals surface area (Å²) in [6.45, 7) is 0. The van der Waals surface area contributed by atoms with Crippen molar-refractivity contribution in [3.05, 3.63) is 18.2 Å². The summed E-state index contributed by atoms with van der Waals surface area (Å²) in [6.07, 6.45) is 0.0249. The predicted octanol–water partition coefficient (Wildman–Crippen LogP) is -1.10. The number of quaternary nitrogens is 1. The maximum Gasteiger partial charge on any atom is 0.441 e. The smallest absolute Gasteiger partial charge is 0.441 e. The summed E-state index contributed by atoms with van der Waals surface area (Å²) < 4.78 is 46.2. The van der Waals surface area contributed by atoms with Gasteiger partial charge in [-0.1, -0.05) is 11.8 Å². The summed E-state index contributed by atoms with van der Waals surface area (Å²) in [4.78, 5) is 11.9. The SMILES string of the molecule is COc1cc(NC(=O)C([NH3+])CCSC(F)(F)F)cc(OC)c1.[Cl-]. The number of anilines is 1. The van der Waals surface area contributed by atoms with E-state index in [9.17, 15) is 18.0 Å². The van der Waals surface area contributed by atoms with Gasteiger partial charge in [-0.2, -0.15) is 13.2 Å². The minimum Gasteiger partial charge on any atom is -1.00 e. The average Bonchev–Trinajstić information content (AvgIpc) is 2.45. The highest BCUT2D eigenvalue weighted by molar-refractivity contribution is 8.00. The lowest BCUT2D eigenvalue weighted by Crippen LogP contribution is -3.00. The molecule has 0 bridgehead atoms. The fourth-order valence-electron chi connectivity index (χ4n) is 1.57. The molecule has 1 rings (SSSR count). The van der Waals surface area contributed by atoms with Gasteiger partial charge in [0.05, 0.1) is 14.2 Å². The largest absolute Gasteiger partial charge is 1.00 e. The number of benzene rings is 1. The highest BCUT2D eigenvalue weighted by Crippen LogP contribution is 2.30. The van der Waals surface area contributed by atoms with E-state index >= 15 is 0 Å². The van der Waals surface area contributed by atoms with Crippen LogP contribution in [0.5, 0.6) is 11.5 Å². The Morgan fingerprint density at radius 1 is 1.26 bits per heavy atom. The zero-order chi connectivity index (χ0) is 16.8. The number of carbonyl (C=O) groups excluding carboxylic acids is 1. The molecule has 23 heavy (non-hydrogen) atoms. The molecule has 0 aliphatic heterocycles. The van der Waals surface area contributed by atoms with Crippen LogP contribution in [0.25, 0.3) is 0 Å². The van der Waals surface area contributed by atoms with Crippen LogP contribution in [0.1, 0.15) is 6.42 Å². The summed E-state index contributed by atoms with van der Waals surface area (Å²) in [5, 5.41) is 2.59. The molecule has 0 aliphatic rings. The summed E-state index contributed by atoms with van der Waals surface area (Å²) >= 11 is -0.162. The molecule has 0 saturated carbocycles. The normalized spacial score (nSPS) is 12.1. The quantitative estimate of drug-likeness (QED) is 0.635. The Labute approximate surface area is 142 Å². The number of methoxy groups -OCH3 is 2. The van der Waals surface area contributed by atoms with Gasteiger partial charge in [-0.05, 0) is 0 Å². The van der Waals surface area contributed by atoms with Crippen molar-refractivity contribution >= 4 is 23.4 Å². The van der Waals surface area contributed by atoms with Gasteiger partial charge in [0.15, 0.2) is 6.04 Å². The zero-order valence-electron chi connectivity index (χ0n) is 12.6. The van der Waals surface area contributed by atoms with Crippen LogP contribution in [0.15, 0.2) is 18.2 Å². The van der Waals surface area contributed by atoms with Crippen molar-refractivity contribution in [1.82, 2.24) is 0 Å². The summed E-state index contributed by atoms with van der Waals surface area (Å²) in [7, 11) is 2.94. The standard InChI is InChI=1S/C13H17F3N2O3S.ClH/c1-20-9-5-8(6-10(7-9)21-2)18-12(19)11(17)3-4-22-13(14,15)16;/h5-7,11H,3-4,17H2,1-2H3,(H,18,19);1H. The molecule has 1 aromatic rings. The number of halogens is 4. The molecule has 0 saturated heterocycles. The van der Waals surface area contributed by atoms with Crippen LogP contribution in [0.2, 0.25) is 0 Å². The molecular formula is C13H18ClF3N2O3S. The first-order valence-corrected chi connectivity index (χ1v) is 7.31. The zero-order valence-corrected chi connectivity index (χ0v) is 14.1. The van der Waals surface area contributed by atoms with Crippen molar-refractivity contribution in [2.75, 3.05) is 25.3 Å². The lowest BCUT2D eigenvalue weighted by Gasteiger charge is -2.12. The van der Waals surface area contributed by atoms with Crippen LogP contribution in [0.4, 0.5) is 18.9 Å². The number of hydrogen-bond donors (Lipinski definition) is 2. The second kappa shape index (κ2) is 9.74. The van der Waals surface area contributed by atoms with Crippen LogP contribution in [0, 0.1) is 0 Å². The number of rotatable bonds is 7. The molecule has 0 spiro atoms. The summed E-state index contributed by atoms with van der Waals surface area (Å²) in [5.41, 5.74) is -0.283. The van der Waals surface area contributed by atoms with E-state index in [1.807, 2.05) is 0 Å².